The molecule has 0 aliphatic carbocycles. The summed E-state index contributed by atoms with van der Waals surface area (Å²) in [5.41, 5.74) is 12.5. The minimum absolute atomic E-state index is 0.263. The minimum atomic E-state index is -0.424. The van der Waals surface area contributed by atoms with E-state index in [1.165, 1.54) is 0 Å². The molecule has 4 heteroatoms. The van der Waals surface area contributed by atoms with E-state index in [0.717, 1.165) is 18.4 Å². The van der Waals surface area contributed by atoms with Crippen molar-refractivity contribution in [3.63, 3.8) is 0 Å². The summed E-state index contributed by atoms with van der Waals surface area (Å²) in [5.74, 6) is -0.424. The normalized spacial score (nSPS) is 11.5. The van der Waals surface area contributed by atoms with Gasteiger partial charge < -0.3 is 16.2 Å². The van der Waals surface area contributed by atoms with Gasteiger partial charge in [-0.2, -0.15) is 0 Å². The van der Waals surface area contributed by atoms with Gasteiger partial charge in [-0.25, -0.2) is 0 Å². The van der Waals surface area contributed by atoms with E-state index in [0.29, 0.717) is 18.8 Å². The predicted octanol–water partition coefficient (Wildman–Crippen LogP) is 1.82. The second-order valence-electron chi connectivity index (χ2n) is 4.63. The lowest BCUT2D eigenvalue weighted by atomic mass is 9.96. The molecule has 1 rings (SSSR count). The number of carbonyl (C=O) groups excluding carboxylic acids is 1. The first-order valence-electron chi connectivity index (χ1n) is 6.26. The Morgan fingerprint density at radius 1 is 1.33 bits per heavy atom. The fraction of sp³-hybridized carbons (Fsp3) is 0.500. The summed E-state index contributed by atoms with van der Waals surface area (Å²) in [5, 5.41) is 0. The van der Waals surface area contributed by atoms with E-state index in [4.69, 9.17) is 16.2 Å². The number of ether oxygens (including phenoxy) is 1. The molecule has 0 radical (unpaired) electrons. The summed E-state index contributed by atoms with van der Waals surface area (Å²) >= 11 is 0. The molecule has 0 aromatic heterocycles. The van der Waals surface area contributed by atoms with E-state index in [2.05, 4.69) is 13.8 Å². The second-order valence-corrected chi connectivity index (χ2v) is 4.63. The number of nitrogens with two attached hydrogens (primary N) is 2. The monoisotopic (exact) mass is 250 g/mol. The summed E-state index contributed by atoms with van der Waals surface area (Å²) in [6, 6.07) is 7.15. The SMILES string of the molecule is CCC(N)(CC)COCc1cccc(C(N)=O)c1. The van der Waals surface area contributed by atoms with Gasteiger partial charge in [-0.15, -0.1) is 0 Å². The van der Waals surface area contributed by atoms with Crippen LogP contribution in [-0.2, 0) is 11.3 Å². The van der Waals surface area contributed by atoms with Crippen molar-refractivity contribution in [2.24, 2.45) is 11.5 Å². The van der Waals surface area contributed by atoms with Gasteiger partial charge >= 0.3 is 0 Å². The van der Waals surface area contributed by atoms with Crippen molar-refractivity contribution in [2.75, 3.05) is 6.61 Å². The Bertz CT molecular complexity index is 401. The van der Waals surface area contributed by atoms with E-state index >= 15 is 0 Å². The van der Waals surface area contributed by atoms with Gasteiger partial charge in [0, 0.05) is 11.1 Å². The van der Waals surface area contributed by atoms with E-state index < -0.39 is 5.91 Å². The highest BCUT2D eigenvalue weighted by Crippen LogP contribution is 2.13. The molecule has 1 amide bonds. The summed E-state index contributed by atoms with van der Waals surface area (Å²) < 4.78 is 5.62. The highest BCUT2D eigenvalue weighted by molar-refractivity contribution is 5.92. The molecule has 18 heavy (non-hydrogen) atoms. The quantitative estimate of drug-likeness (QED) is 0.774. The third-order valence-electron chi connectivity index (χ3n) is 3.28. The van der Waals surface area contributed by atoms with Gasteiger partial charge in [-0.05, 0) is 30.5 Å². The largest absolute Gasteiger partial charge is 0.375 e. The molecule has 0 spiro atoms. The van der Waals surface area contributed by atoms with Crippen LogP contribution in [0.5, 0.6) is 0 Å². The number of hydrogen-bond acceptors (Lipinski definition) is 3. The second kappa shape index (κ2) is 6.52. The molecule has 0 unspecified atom stereocenters. The van der Waals surface area contributed by atoms with Crippen LogP contribution in [0.1, 0.15) is 42.6 Å². The van der Waals surface area contributed by atoms with Crippen molar-refractivity contribution in [2.45, 2.75) is 38.8 Å². The molecule has 0 aliphatic rings. The van der Waals surface area contributed by atoms with E-state index in [1.807, 2.05) is 6.07 Å². The lowest BCUT2D eigenvalue weighted by Crippen LogP contribution is -2.43. The molecule has 1 aromatic carbocycles. The lowest BCUT2D eigenvalue weighted by molar-refractivity contribution is 0.0695. The molecular weight excluding hydrogens is 228 g/mol. The molecule has 0 bridgehead atoms. The zero-order valence-corrected chi connectivity index (χ0v) is 11.1. The van der Waals surface area contributed by atoms with Crippen LogP contribution in [0.15, 0.2) is 24.3 Å². The third kappa shape index (κ3) is 4.13. The van der Waals surface area contributed by atoms with Crippen molar-refractivity contribution in [3.05, 3.63) is 35.4 Å². The standard InChI is InChI=1S/C14H22N2O2/c1-3-14(16,4-2)10-18-9-11-6-5-7-12(8-11)13(15)17/h5-8H,3-4,9-10,16H2,1-2H3,(H2,15,17). The Morgan fingerprint density at radius 2 is 2.00 bits per heavy atom. The van der Waals surface area contributed by atoms with Gasteiger partial charge in [0.25, 0.3) is 0 Å². The number of carbonyl (C=O) groups is 1. The zero-order chi connectivity index (χ0) is 13.6. The van der Waals surface area contributed by atoms with Crippen LogP contribution in [0.2, 0.25) is 0 Å². The number of benzene rings is 1. The fourth-order valence-corrected chi connectivity index (χ4v) is 1.64. The molecule has 0 fully saturated rings. The Kier molecular flexibility index (Phi) is 5.31. The van der Waals surface area contributed by atoms with E-state index in [1.54, 1.807) is 18.2 Å². The molecule has 4 N–H and O–H groups in total. The number of amides is 1. The van der Waals surface area contributed by atoms with Gasteiger partial charge in [0.1, 0.15) is 0 Å². The molecule has 100 valence electrons. The molecule has 0 saturated heterocycles. The van der Waals surface area contributed by atoms with Gasteiger partial charge in [0.05, 0.1) is 13.2 Å². The Labute approximate surface area is 108 Å². The van der Waals surface area contributed by atoms with Crippen molar-refractivity contribution in [1.29, 1.82) is 0 Å². The minimum Gasteiger partial charge on any atom is -0.375 e. The van der Waals surface area contributed by atoms with Crippen molar-refractivity contribution in [1.82, 2.24) is 0 Å². The van der Waals surface area contributed by atoms with Crippen LogP contribution >= 0.6 is 0 Å². The number of rotatable bonds is 7. The maximum atomic E-state index is 11.0. The Hall–Kier alpha value is -1.39. The smallest absolute Gasteiger partial charge is 0.248 e. The summed E-state index contributed by atoms with van der Waals surface area (Å²) in [7, 11) is 0. The summed E-state index contributed by atoms with van der Waals surface area (Å²) in [6.07, 6.45) is 1.76. The van der Waals surface area contributed by atoms with Crippen LogP contribution in [-0.4, -0.2) is 18.1 Å². The van der Waals surface area contributed by atoms with Gasteiger partial charge in [-0.1, -0.05) is 26.0 Å². The zero-order valence-electron chi connectivity index (χ0n) is 11.1. The molecule has 0 aliphatic heterocycles. The average Bonchev–Trinajstić information content (AvgIpc) is 2.39. The molecule has 0 atom stereocenters. The molecule has 1 aromatic rings. The predicted molar refractivity (Wildman–Crippen MR) is 72.1 cm³/mol. The Balaban J connectivity index is 2.54. The maximum absolute atomic E-state index is 11.0. The maximum Gasteiger partial charge on any atom is 0.248 e. The number of primary amides is 1. The third-order valence-corrected chi connectivity index (χ3v) is 3.28. The summed E-state index contributed by atoms with van der Waals surface area (Å²) in [6.45, 7) is 5.07. The topological polar surface area (TPSA) is 78.3 Å². The van der Waals surface area contributed by atoms with Crippen LogP contribution in [0.25, 0.3) is 0 Å². The van der Waals surface area contributed by atoms with Crippen molar-refractivity contribution < 1.29 is 9.53 Å². The average molecular weight is 250 g/mol. The highest BCUT2D eigenvalue weighted by Gasteiger charge is 2.20. The van der Waals surface area contributed by atoms with Crippen LogP contribution in [0, 0.1) is 0 Å². The fourth-order valence-electron chi connectivity index (χ4n) is 1.64. The van der Waals surface area contributed by atoms with Crippen molar-refractivity contribution >= 4 is 5.91 Å². The highest BCUT2D eigenvalue weighted by atomic mass is 16.5. The lowest BCUT2D eigenvalue weighted by Gasteiger charge is -2.26. The van der Waals surface area contributed by atoms with Crippen LogP contribution < -0.4 is 11.5 Å². The van der Waals surface area contributed by atoms with E-state index in [-0.39, 0.29) is 5.54 Å². The molecule has 0 heterocycles. The number of hydrogen-bond donors (Lipinski definition) is 2. The van der Waals surface area contributed by atoms with Crippen molar-refractivity contribution in [3.8, 4) is 0 Å². The summed E-state index contributed by atoms with van der Waals surface area (Å²) in [4.78, 5) is 11.0. The van der Waals surface area contributed by atoms with Crippen LogP contribution in [0.3, 0.4) is 0 Å². The van der Waals surface area contributed by atoms with Crippen LogP contribution in [0.4, 0.5) is 0 Å². The van der Waals surface area contributed by atoms with Gasteiger partial charge in [-0.3, -0.25) is 4.79 Å². The molecule has 4 nitrogen and oxygen atoms in total. The first-order chi connectivity index (χ1) is 8.50. The Morgan fingerprint density at radius 3 is 2.56 bits per heavy atom. The van der Waals surface area contributed by atoms with Gasteiger partial charge in [0.15, 0.2) is 0 Å². The first-order valence-corrected chi connectivity index (χ1v) is 6.26. The molecular formula is C14H22N2O2. The molecule has 0 saturated carbocycles. The van der Waals surface area contributed by atoms with Gasteiger partial charge in [0.2, 0.25) is 5.91 Å². The first kappa shape index (κ1) is 14.7. The van der Waals surface area contributed by atoms with E-state index in [9.17, 15) is 4.79 Å².